The van der Waals surface area contributed by atoms with Crippen LogP contribution in [0.5, 0.6) is 5.75 Å². The molecular formula is C21H24N4O2. The van der Waals surface area contributed by atoms with Crippen molar-refractivity contribution in [1.82, 2.24) is 20.0 Å². The zero-order valence-corrected chi connectivity index (χ0v) is 15.6. The van der Waals surface area contributed by atoms with Crippen molar-refractivity contribution in [3.63, 3.8) is 0 Å². The van der Waals surface area contributed by atoms with Gasteiger partial charge in [0.25, 0.3) is 0 Å². The maximum Gasteiger partial charge on any atom is 0.317 e. The molecule has 1 heterocycles. The van der Waals surface area contributed by atoms with E-state index in [0.717, 1.165) is 23.4 Å². The minimum absolute atomic E-state index is 0.0917. The standard InChI is InChI=1S/C21H24N4O2/c1-24(16-18-5-3-6-20(15-18)27-2)21(26)22-13-11-17-7-9-19(10-8-17)25-14-4-12-23-25/h3-10,12,14-15H,11,13,16H2,1-2H3,(H,22,26). The van der Waals surface area contributed by atoms with E-state index < -0.39 is 0 Å². The number of methoxy groups -OCH3 is 1. The molecule has 0 unspecified atom stereocenters. The predicted molar refractivity (Wildman–Crippen MR) is 105 cm³/mol. The van der Waals surface area contributed by atoms with Crippen LogP contribution < -0.4 is 10.1 Å². The number of carbonyl (C=O) groups excluding carboxylic acids is 1. The molecule has 2 aromatic carbocycles. The van der Waals surface area contributed by atoms with Crippen molar-refractivity contribution in [2.75, 3.05) is 20.7 Å². The van der Waals surface area contributed by atoms with Crippen molar-refractivity contribution < 1.29 is 9.53 Å². The number of amides is 2. The van der Waals surface area contributed by atoms with Crippen molar-refractivity contribution in [3.8, 4) is 11.4 Å². The number of hydrogen-bond donors (Lipinski definition) is 1. The minimum atomic E-state index is -0.0917. The van der Waals surface area contributed by atoms with E-state index >= 15 is 0 Å². The summed E-state index contributed by atoms with van der Waals surface area (Å²) in [6.45, 7) is 1.12. The number of aromatic nitrogens is 2. The molecule has 0 spiro atoms. The molecule has 3 rings (SSSR count). The van der Waals surface area contributed by atoms with Crippen LogP contribution in [-0.2, 0) is 13.0 Å². The molecule has 6 heteroatoms. The first-order valence-electron chi connectivity index (χ1n) is 8.86. The molecule has 1 N–H and O–H groups in total. The van der Waals surface area contributed by atoms with Gasteiger partial charge in [-0.2, -0.15) is 5.10 Å². The number of nitrogens with zero attached hydrogens (tertiary/aromatic N) is 3. The monoisotopic (exact) mass is 364 g/mol. The van der Waals surface area contributed by atoms with Crippen molar-refractivity contribution in [2.45, 2.75) is 13.0 Å². The molecule has 0 saturated heterocycles. The Balaban J connectivity index is 1.46. The van der Waals surface area contributed by atoms with Crippen molar-refractivity contribution in [3.05, 3.63) is 78.1 Å². The molecule has 0 bridgehead atoms. The molecule has 0 saturated carbocycles. The van der Waals surface area contributed by atoms with Gasteiger partial charge >= 0.3 is 6.03 Å². The van der Waals surface area contributed by atoms with Crippen LogP contribution in [-0.4, -0.2) is 41.4 Å². The van der Waals surface area contributed by atoms with Crippen molar-refractivity contribution in [2.24, 2.45) is 0 Å². The first-order valence-corrected chi connectivity index (χ1v) is 8.86. The Morgan fingerprint density at radius 3 is 2.67 bits per heavy atom. The van der Waals surface area contributed by atoms with E-state index in [-0.39, 0.29) is 6.03 Å². The molecule has 2 amide bonds. The third-order valence-corrected chi connectivity index (χ3v) is 4.30. The fourth-order valence-corrected chi connectivity index (χ4v) is 2.80. The summed E-state index contributed by atoms with van der Waals surface area (Å²) in [5.74, 6) is 0.792. The Morgan fingerprint density at radius 2 is 1.96 bits per heavy atom. The number of benzene rings is 2. The van der Waals surface area contributed by atoms with Crippen LogP contribution in [0, 0.1) is 0 Å². The fraction of sp³-hybridized carbons (Fsp3) is 0.238. The van der Waals surface area contributed by atoms with Crippen LogP contribution in [0.4, 0.5) is 4.79 Å². The number of nitrogens with one attached hydrogen (secondary N) is 1. The van der Waals surface area contributed by atoms with Gasteiger partial charge in [-0.1, -0.05) is 24.3 Å². The molecule has 140 valence electrons. The molecule has 0 aliphatic carbocycles. The third-order valence-electron chi connectivity index (χ3n) is 4.30. The summed E-state index contributed by atoms with van der Waals surface area (Å²) in [7, 11) is 3.42. The van der Waals surface area contributed by atoms with Gasteiger partial charge < -0.3 is 15.0 Å². The highest BCUT2D eigenvalue weighted by Gasteiger charge is 2.09. The lowest BCUT2D eigenvalue weighted by molar-refractivity contribution is 0.207. The Labute approximate surface area is 159 Å². The Kier molecular flexibility index (Phi) is 6.10. The molecule has 0 fully saturated rings. The van der Waals surface area contributed by atoms with E-state index in [1.807, 2.05) is 53.3 Å². The molecule has 27 heavy (non-hydrogen) atoms. The second-order valence-electron chi connectivity index (χ2n) is 6.31. The summed E-state index contributed by atoms with van der Waals surface area (Å²) >= 11 is 0. The first-order chi connectivity index (χ1) is 13.2. The zero-order valence-electron chi connectivity index (χ0n) is 15.6. The highest BCUT2D eigenvalue weighted by Crippen LogP contribution is 2.14. The van der Waals surface area contributed by atoms with Gasteiger partial charge in [-0.25, -0.2) is 9.48 Å². The van der Waals surface area contributed by atoms with Crippen LogP contribution in [0.15, 0.2) is 67.0 Å². The van der Waals surface area contributed by atoms with Crippen LogP contribution >= 0.6 is 0 Å². The topological polar surface area (TPSA) is 59.4 Å². The number of urea groups is 1. The van der Waals surface area contributed by atoms with Gasteiger partial charge in [0.2, 0.25) is 0 Å². The smallest absolute Gasteiger partial charge is 0.317 e. The molecule has 1 aromatic heterocycles. The Morgan fingerprint density at radius 1 is 1.15 bits per heavy atom. The lowest BCUT2D eigenvalue weighted by Gasteiger charge is -2.18. The summed E-state index contributed by atoms with van der Waals surface area (Å²) in [4.78, 5) is 13.9. The third kappa shape index (κ3) is 5.10. The average Bonchev–Trinajstić information content (AvgIpc) is 3.23. The van der Waals surface area contributed by atoms with Gasteiger partial charge in [0, 0.05) is 32.5 Å². The average molecular weight is 364 g/mol. The van der Waals surface area contributed by atoms with Crippen LogP contribution in [0.3, 0.4) is 0 Å². The Hall–Kier alpha value is -3.28. The summed E-state index contributed by atoms with van der Waals surface area (Å²) in [6.07, 6.45) is 4.44. The molecule has 6 nitrogen and oxygen atoms in total. The molecular weight excluding hydrogens is 340 g/mol. The second kappa shape index (κ2) is 8.89. The maximum atomic E-state index is 12.3. The Bertz CT molecular complexity index is 860. The molecule has 0 atom stereocenters. The van der Waals surface area contributed by atoms with E-state index in [2.05, 4.69) is 22.5 Å². The van der Waals surface area contributed by atoms with Gasteiger partial charge in [0.1, 0.15) is 5.75 Å². The summed E-state index contributed by atoms with van der Waals surface area (Å²) in [5, 5.41) is 7.17. The predicted octanol–water partition coefficient (Wildman–Crippen LogP) is 3.27. The van der Waals surface area contributed by atoms with Crippen LogP contribution in [0.1, 0.15) is 11.1 Å². The lowest BCUT2D eigenvalue weighted by atomic mass is 10.1. The van der Waals surface area contributed by atoms with Gasteiger partial charge in [0.15, 0.2) is 0 Å². The first kappa shape index (κ1) is 18.5. The molecule has 3 aromatic rings. The van der Waals surface area contributed by atoms with E-state index in [9.17, 15) is 4.79 Å². The highest BCUT2D eigenvalue weighted by atomic mass is 16.5. The van der Waals surface area contributed by atoms with E-state index in [1.165, 1.54) is 5.56 Å². The fourth-order valence-electron chi connectivity index (χ4n) is 2.80. The van der Waals surface area contributed by atoms with Crippen LogP contribution in [0.2, 0.25) is 0 Å². The van der Waals surface area contributed by atoms with Gasteiger partial charge in [-0.05, 0) is 47.9 Å². The zero-order chi connectivity index (χ0) is 19.1. The SMILES string of the molecule is COc1cccc(CN(C)C(=O)NCCc2ccc(-n3cccn3)cc2)c1. The minimum Gasteiger partial charge on any atom is -0.497 e. The van der Waals surface area contributed by atoms with E-state index in [0.29, 0.717) is 13.1 Å². The lowest BCUT2D eigenvalue weighted by Crippen LogP contribution is -2.37. The van der Waals surface area contributed by atoms with E-state index in [1.54, 1.807) is 25.3 Å². The number of carbonyl (C=O) groups is 1. The van der Waals surface area contributed by atoms with Gasteiger partial charge in [-0.3, -0.25) is 0 Å². The van der Waals surface area contributed by atoms with E-state index in [4.69, 9.17) is 4.74 Å². The number of hydrogen-bond acceptors (Lipinski definition) is 3. The summed E-state index contributed by atoms with van der Waals surface area (Å²) in [5.41, 5.74) is 3.22. The highest BCUT2D eigenvalue weighted by molar-refractivity contribution is 5.73. The normalized spacial score (nSPS) is 10.4. The van der Waals surface area contributed by atoms with Gasteiger partial charge in [-0.15, -0.1) is 0 Å². The quantitative estimate of drug-likeness (QED) is 0.700. The maximum absolute atomic E-state index is 12.3. The second-order valence-corrected chi connectivity index (χ2v) is 6.31. The molecule has 0 radical (unpaired) electrons. The van der Waals surface area contributed by atoms with Crippen molar-refractivity contribution >= 4 is 6.03 Å². The largest absolute Gasteiger partial charge is 0.497 e. The number of ether oxygens (including phenoxy) is 1. The van der Waals surface area contributed by atoms with Crippen LogP contribution in [0.25, 0.3) is 5.69 Å². The number of rotatable bonds is 7. The van der Waals surface area contributed by atoms with Crippen molar-refractivity contribution in [1.29, 1.82) is 0 Å². The molecule has 0 aliphatic rings. The summed E-state index contributed by atoms with van der Waals surface area (Å²) < 4.78 is 7.04. The van der Waals surface area contributed by atoms with Gasteiger partial charge in [0.05, 0.1) is 12.8 Å². The summed E-state index contributed by atoms with van der Waals surface area (Å²) in [6, 6.07) is 17.7. The molecule has 0 aliphatic heterocycles.